The van der Waals surface area contributed by atoms with Crippen molar-refractivity contribution in [3.8, 4) is 11.1 Å². The van der Waals surface area contributed by atoms with E-state index in [0.717, 1.165) is 17.7 Å². The monoisotopic (exact) mass is 327 g/mol. The molecular formula is C14H12BrClFN. The van der Waals surface area contributed by atoms with E-state index >= 15 is 0 Å². The molecule has 0 saturated heterocycles. The minimum absolute atomic E-state index is 0.117. The van der Waals surface area contributed by atoms with Crippen molar-refractivity contribution in [2.75, 3.05) is 7.05 Å². The van der Waals surface area contributed by atoms with Crippen molar-refractivity contribution in [3.05, 3.63) is 57.3 Å². The summed E-state index contributed by atoms with van der Waals surface area (Å²) in [5, 5.41) is 3.19. The molecule has 0 atom stereocenters. The minimum Gasteiger partial charge on any atom is -0.316 e. The zero-order valence-corrected chi connectivity index (χ0v) is 12.1. The van der Waals surface area contributed by atoms with Crippen LogP contribution >= 0.6 is 27.5 Å². The van der Waals surface area contributed by atoms with Gasteiger partial charge in [0.25, 0.3) is 0 Å². The molecule has 0 bridgehead atoms. The SMILES string of the molecule is CNCc1ccc(-c2ccc(Br)c(Cl)c2F)cc1. The molecule has 0 heterocycles. The van der Waals surface area contributed by atoms with Crippen LogP contribution in [0.4, 0.5) is 4.39 Å². The van der Waals surface area contributed by atoms with E-state index < -0.39 is 5.82 Å². The predicted octanol–water partition coefficient (Wildman–Crippen LogP) is 4.63. The van der Waals surface area contributed by atoms with Crippen molar-refractivity contribution in [1.82, 2.24) is 5.32 Å². The summed E-state index contributed by atoms with van der Waals surface area (Å²) in [5.74, 6) is -0.396. The number of benzene rings is 2. The lowest BCUT2D eigenvalue weighted by molar-refractivity contribution is 0.631. The molecule has 18 heavy (non-hydrogen) atoms. The third-order valence-corrected chi connectivity index (χ3v) is 3.94. The van der Waals surface area contributed by atoms with Gasteiger partial charge in [-0.15, -0.1) is 0 Å². The highest BCUT2D eigenvalue weighted by molar-refractivity contribution is 9.10. The van der Waals surface area contributed by atoms with E-state index in [0.29, 0.717) is 10.0 Å². The number of nitrogens with one attached hydrogen (secondary N) is 1. The van der Waals surface area contributed by atoms with E-state index in [1.165, 1.54) is 0 Å². The summed E-state index contributed by atoms with van der Waals surface area (Å²) in [6, 6.07) is 11.2. The summed E-state index contributed by atoms with van der Waals surface area (Å²) in [6.07, 6.45) is 0. The van der Waals surface area contributed by atoms with Crippen LogP contribution in [0, 0.1) is 5.82 Å². The molecule has 2 rings (SSSR count). The van der Waals surface area contributed by atoms with Crippen LogP contribution in [0.1, 0.15) is 5.56 Å². The van der Waals surface area contributed by atoms with Crippen LogP contribution in [0.5, 0.6) is 0 Å². The van der Waals surface area contributed by atoms with E-state index in [1.54, 1.807) is 12.1 Å². The van der Waals surface area contributed by atoms with Crippen LogP contribution in [0.3, 0.4) is 0 Å². The maximum atomic E-state index is 14.0. The first-order valence-electron chi connectivity index (χ1n) is 5.51. The lowest BCUT2D eigenvalue weighted by Gasteiger charge is -2.07. The Labute approximate surface area is 119 Å². The Balaban J connectivity index is 2.40. The van der Waals surface area contributed by atoms with Crippen molar-refractivity contribution in [3.63, 3.8) is 0 Å². The molecule has 2 aromatic carbocycles. The van der Waals surface area contributed by atoms with Crippen molar-refractivity contribution in [2.45, 2.75) is 6.54 Å². The summed E-state index contributed by atoms with van der Waals surface area (Å²) in [7, 11) is 1.89. The summed E-state index contributed by atoms with van der Waals surface area (Å²) in [4.78, 5) is 0. The zero-order valence-electron chi connectivity index (χ0n) is 9.81. The molecule has 0 aromatic heterocycles. The van der Waals surface area contributed by atoms with Gasteiger partial charge in [0.15, 0.2) is 5.82 Å². The predicted molar refractivity (Wildman–Crippen MR) is 77.3 cm³/mol. The normalized spacial score (nSPS) is 10.7. The van der Waals surface area contributed by atoms with E-state index in [9.17, 15) is 4.39 Å². The van der Waals surface area contributed by atoms with Crippen molar-refractivity contribution in [1.29, 1.82) is 0 Å². The van der Waals surface area contributed by atoms with E-state index in [4.69, 9.17) is 11.6 Å². The first-order valence-corrected chi connectivity index (χ1v) is 6.68. The lowest BCUT2D eigenvalue weighted by atomic mass is 10.0. The fraction of sp³-hybridized carbons (Fsp3) is 0.143. The van der Waals surface area contributed by atoms with E-state index in [1.807, 2.05) is 31.3 Å². The molecule has 0 spiro atoms. The second-order valence-electron chi connectivity index (χ2n) is 3.95. The highest BCUT2D eigenvalue weighted by Gasteiger charge is 2.11. The summed E-state index contributed by atoms with van der Waals surface area (Å²) >= 11 is 9.09. The molecule has 0 saturated carbocycles. The van der Waals surface area contributed by atoms with Crippen LogP contribution in [-0.2, 0) is 6.54 Å². The summed E-state index contributed by atoms with van der Waals surface area (Å²) in [6.45, 7) is 0.795. The Morgan fingerprint density at radius 3 is 2.44 bits per heavy atom. The maximum Gasteiger partial charge on any atom is 0.150 e. The molecule has 1 nitrogen and oxygen atoms in total. The number of hydrogen-bond acceptors (Lipinski definition) is 1. The second-order valence-corrected chi connectivity index (χ2v) is 5.18. The van der Waals surface area contributed by atoms with E-state index in [-0.39, 0.29) is 5.02 Å². The summed E-state index contributed by atoms with van der Waals surface area (Å²) < 4.78 is 14.6. The molecule has 0 aliphatic rings. The van der Waals surface area contributed by atoms with Gasteiger partial charge in [-0.25, -0.2) is 4.39 Å². The topological polar surface area (TPSA) is 12.0 Å². The fourth-order valence-electron chi connectivity index (χ4n) is 1.76. The molecule has 0 radical (unpaired) electrons. The molecule has 0 fully saturated rings. The molecule has 0 unspecified atom stereocenters. The fourth-order valence-corrected chi connectivity index (χ4v) is 2.23. The van der Waals surface area contributed by atoms with Crippen LogP contribution < -0.4 is 5.32 Å². The first kappa shape index (κ1) is 13.5. The molecule has 4 heteroatoms. The third-order valence-electron chi connectivity index (χ3n) is 2.68. The highest BCUT2D eigenvalue weighted by atomic mass is 79.9. The molecule has 0 amide bonds. The van der Waals surface area contributed by atoms with Gasteiger partial charge < -0.3 is 5.32 Å². The smallest absolute Gasteiger partial charge is 0.150 e. The molecule has 2 aromatic rings. The van der Waals surface area contributed by atoms with Gasteiger partial charge in [-0.1, -0.05) is 41.9 Å². The third kappa shape index (κ3) is 2.74. The highest BCUT2D eigenvalue weighted by Crippen LogP contribution is 2.33. The standard InChI is InChI=1S/C14H12BrClFN/c1-18-8-9-2-4-10(5-3-9)11-6-7-12(15)13(16)14(11)17/h2-7,18H,8H2,1H3. The van der Waals surface area contributed by atoms with Gasteiger partial charge >= 0.3 is 0 Å². The Morgan fingerprint density at radius 2 is 1.83 bits per heavy atom. The maximum absolute atomic E-state index is 14.0. The number of rotatable bonds is 3. The van der Waals surface area contributed by atoms with Gasteiger partial charge in [-0.2, -0.15) is 0 Å². The van der Waals surface area contributed by atoms with Crippen molar-refractivity contribution < 1.29 is 4.39 Å². The van der Waals surface area contributed by atoms with Gasteiger partial charge in [0, 0.05) is 16.6 Å². The average molecular weight is 329 g/mol. The Bertz CT molecular complexity index is 554. The summed E-state index contributed by atoms with van der Waals surface area (Å²) in [5.41, 5.74) is 2.49. The van der Waals surface area contributed by atoms with Gasteiger partial charge in [-0.3, -0.25) is 0 Å². The molecule has 0 aliphatic heterocycles. The van der Waals surface area contributed by atoms with Crippen molar-refractivity contribution in [2.24, 2.45) is 0 Å². The second kappa shape index (κ2) is 5.83. The Kier molecular flexibility index (Phi) is 4.38. The van der Waals surface area contributed by atoms with Gasteiger partial charge in [-0.05, 0) is 40.2 Å². The largest absolute Gasteiger partial charge is 0.316 e. The van der Waals surface area contributed by atoms with Gasteiger partial charge in [0.05, 0.1) is 5.02 Å². The number of halogens is 3. The van der Waals surface area contributed by atoms with Gasteiger partial charge in [0.2, 0.25) is 0 Å². The lowest BCUT2D eigenvalue weighted by Crippen LogP contribution is -2.04. The first-order chi connectivity index (χ1) is 8.63. The zero-order chi connectivity index (χ0) is 13.1. The van der Waals surface area contributed by atoms with Gasteiger partial charge in [0.1, 0.15) is 0 Å². The molecular weight excluding hydrogens is 317 g/mol. The van der Waals surface area contributed by atoms with Crippen molar-refractivity contribution >= 4 is 27.5 Å². The molecule has 0 aliphatic carbocycles. The molecule has 94 valence electrons. The number of hydrogen-bond donors (Lipinski definition) is 1. The Morgan fingerprint density at radius 1 is 1.17 bits per heavy atom. The quantitative estimate of drug-likeness (QED) is 0.810. The Hall–Kier alpha value is -0.900. The van der Waals surface area contributed by atoms with E-state index in [2.05, 4.69) is 21.2 Å². The average Bonchev–Trinajstić information content (AvgIpc) is 2.38. The van der Waals surface area contributed by atoms with Crippen LogP contribution in [0.25, 0.3) is 11.1 Å². The van der Waals surface area contributed by atoms with Crippen LogP contribution in [0.15, 0.2) is 40.9 Å². The van der Waals surface area contributed by atoms with Crippen LogP contribution in [-0.4, -0.2) is 7.05 Å². The van der Waals surface area contributed by atoms with Crippen LogP contribution in [0.2, 0.25) is 5.02 Å². The molecule has 1 N–H and O–H groups in total. The minimum atomic E-state index is -0.396.